The van der Waals surface area contributed by atoms with E-state index in [0.717, 1.165) is 118 Å². The monoisotopic (exact) mass is 1920 g/mol. The molecular formula is C100H97Cl3F3N11O13S3. The smallest absolute Gasteiger partial charge is 0.148 e. The summed E-state index contributed by atoms with van der Waals surface area (Å²) in [5.41, 5.74) is 9.14. The van der Waals surface area contributed by atoms with Gasteiger partial charge in [-0.25, -0.2) is 68.3 Å². The fourth-order valence-corrected chi connectivity index (χ4v) is 17.5. The molecule has 0 unspecified atom stereocenters. The first-order valence-corrected chi connectivity index (χ1v) is 50.7. The second kappa shape index (κ2) is 44.1. The van der Waals surface area contributed by atoms with Crippen LogP contribution in [0.3, 0.4) is 0 Å². The van der Waals surface area contributed by atoms with Gasteiger partial charge in [0.15, 0.2) is 0 Å². The summed E-state index contributed by atoms with van der Waals surface area (Å²) >= 11 is 19.5. The Kier molecular flexibility index (Phi) is 31.6. The zero-order chi connectivity index (χ0) is 93.2. The summed E-state index contributed by atoms with van der Waals surface area (Å²) in [6.07, 6.45) is 19.8. The van der Waals surface area contributed by atoms with Crippen LogP contribution in [0.25, 0.3) is 66.7 Å². The number of nitrogens with one attached hydrogen (secondary N) is 3. The minimum Gasteiger partial charge on any atom is -0.487 e. The van der Waals surface area contributed by atoms with Crippen LogP contribution in [0.5, 0.6) is 17.2 Å². The van der Waals surface area contributed by atoms with Gasteiger partial charge in [0.05, 0.1) is 56.2 Å². The normalized spacial score (nSPS) is 13.4. The van der Waals surface area contributed by atoms with Gasteiger partial charge < -0.3 is 43.4 Å². The lowest BCUT2D eigenvalue weighted by molar-refractivity contribution is -0.123. The van der Waals surface area contributed by atoms with E-state index in [9.17, 15) is 43.2 Å². The number of aromatic nitrogens is 6. The largest absolute Gasteiger partial charge is 0.487 e. The number of Topliss-reactive ketones (excluding diaryl/α,β-unsaturated/α-hetero) is 1. The number of unbranched alkanes of at least 4 members (excludes halogenated alkanes) is 1. The van der Waals surface area contributed by atoms with E-state index in [1.54, 1.807) is 72.8 Å². The molecule has 33 heteroatoms. The lowest BCUT2D eigenvalue weighted by Crippen LogP contribution is -2.41. The topological polar surface area (TPSA) is 307 Å². The van der Waals surface area contributed by atoms with E-state index in [2.05, 4.69) is 55.7 Å². The third-order valence-electron chi connectivity index (χ3n) is 22.7. The van der Waals surface area contributed by atoms with E-state index >= 15 is 0 Å². The third-order valence-corrected chi connectivity index (χ3v) is 26.4. The van der Waals surface area contributed by atoms with Crippen molar-refractivity contribution >= 4 is 137 Å². The Morgan fingerprint density at radius 3 is 1.03 bits per heavy atom. The molecule has 18 rings (SSSR count). The van der Waals surface area contributed by atoms with E-state index < -0.39 is 29.5 Å². The highest BCUT2D eigenvalue weighted by atomic mass is 35.5. The summed E-state index contributed by atoms with van der Waals surface area (Å²) in [6.45, 7) is 2.68. The summed E-state index contributed by atoms with van der Waals surface area (Å²) in [7, 11) is -9.05. The second-order valence-corrected chi connectivity index (χ2v) is 41.1. The molecule has 24 nitrogen and oxygen atoms in total. The van der Waals surface area contributed by atoms with Crippen molar-refractivity contribution in [2.45, 2.75) is 122 Å². The summed E-state index contributed by atoms with van der Waals surface area (Å²) in [5.74, 6) is 7.68. The van der Waals surface area contributed by atoms with Crippen LogP contribution in [0, 0.1) is 17.5 Å². The highest BCUT2D eigenvalue weighted by Crippen LogP contribution is 2.40. The van der Waals surface area contributed by atoms with Crippen molar-refractivity contribution < 1.29 is 70.7 Å². The lowest BCUT2D eigenvalue weighted by Gasteiger charge is -2.36. The van der Waals surface area contributed by atoms with Gasteiger partial charge in [0.2, 0.25) is 0 Å². The molecule has 3 aliphatic carbocycles. The molecular weight excluding hydrogens is 1820 g/mol. The number of aryl methyl sites for hydroxylation is 1. The summed E-state index contributed by atoms with van der Waals surface area (Å²) in [4.78, 5) is 40.9. The molecule has 9 aromatic carbocycles. The molecule has 0 bridgehead atoms. The van der Waals surface area contributed by atoms with E-state index in [1.165, 1.54) is 87.0 Å². The van der Waals surface area contributed by atoms with Crippen LogP contribution in [0.1, 0.15) is 105 Å². The molecule has 0 aliphatic heterocycles. The lowest BCUT2D eigenvalue weighted by atomic mass is 9.91. The first-order chi connectivity index (χ1) is 64.0. The van der Waals surface area contributed by atoms with Crippen LogP contribution in [-0.2, 0) is 73.6 Å². The van der Waals surface area contributed by atoms with Crippen molar-refractivity contribution in [1.29, 1.82) is 0 Å². The number of carbonyl (C=O) groups is 1. The number of ether oxygens (including phenoxy) is 3. The second-order valence-electron chi connectivity index (χ2n) is 33.1. The number of halogens is 6. The van der Waals surface area contributed by atoms with Crippen LogP contribution in [0.4, 0.5) is 47.7 Å². The average Bonchev–Trinajstić information content (AvgIpc) is 1.61. The fraction of sp³-hybridized carbons (Fsp3) is 0.270. The minimum absolute atomic E-state index is 0.132. The number of hydrogen-bond donors (Lipinski definition) is 3. The maximum absolute atomic E-state index is 13.5. The number of hydrogen-bond acceptors (Lipinski definition) is 24. The maximum atomic E-state index is 13.5. The Bertz CT molecular complexity index is 6730. The van der Waals surface area contributed by atoms with Crippen molar-refractivity contribution in [3.05, 3.63) is 304 Å². The summed E-state index contributed by atoms with van der Waals surface area (Å²) < 4.78 is 146. The Morgan fingerprint density at radius 1 is 0.391 bits per heavy atom. The van der Waals surface area contributed by atoms with Crippen molar-refractivity contribution in [3.8, 4) is 51.2 Å². The molecule has 0 spiro atoms. The van der Waals surface area contributed by atoms with Gasteiger partial charge >= 0.3 is 0 Å². The zero-order valence-electron chi connectivity index (χ0n) is 73.1. The van der Waals surface area contributed by atoms with Gasteiger partial charge in [-0.05, 0) is 244 Å². The number of nitrogens with zero attached hydrogens (tertiary/aromatic N) is 8. The predicted molar refractivity (Wildman–Crippen MR) is 515 cm³/mol. The van der Waals surface area contributed by atoms with Gasteiger partial charge in [0, 0.05) is 119 Å². The highest BCUT2D eigenvalue weighted by molar-refractivity contribution is 7.91. The number of sulfone groups is 3. The maximum Gasteiger partial charge on any atom is 0.148 e. The number of furan rings is 3. The van der Waals surface area contributed by atoms with Gasteiger partial charge in [-0.1, -0.05) is 84.0 Å². The van der Waals surface area contributed by atoms with Gasteiger partial charge in [-0.2, -0.15) is 0 Å². The number of ketones is 1. The van der Waals surface area contributed by atoms with E-state index in [1.807, 2.05) is 109 Å². The van der Waals surface area contributed by atoms with Crippen LogP contribution < -0.4 is 30.2 Å². The number of fused-ring (bicyclic) bond motifs is 3. The molecule has 3 fully saturated rings. The Labute approximate surface area is 784 Å². The molecule has 0 saturated heterocycles. The average molecular weight is 1920 g/mol. The number of rotatable bonds is 35. The third kappa shape index (κ3) is 27.5. The quantitative estimate of drug-likeness (QED) is 0.0311. The molecule has 15 aromatic rings. The molecule has 690 valence electrons. The van der Waals surface area contributed by atoms with Crippen molar-refractivity contribution in [2.75, 3.05) is 65.1 Å². The standard InChI is InChI=1S/2C33H32ClFN4O4S.C30H27ClFN3O4S.C4H6O/c2*1-44(40,41)15-14-39(26-6-3-7-26)19-27-10-13-31(43-27)23-8-11-30-28(17-23)33(37-21-36-30)38-25-9-12-32(29(34)18-25)42-20-22-4-2-5-24(35)16-22;1-40(36,37)14-3-2-7-24-10-13-28(39-24)21-8-11-27-25(16-21)30(34-19-33-27)35-23-9-12-29(26(31)17-23)38-18-20-5-4-6-22(32)15-20;5-4-2-1-3-4/h2*2,4-5,8-13,16-18,21,26H,3,6-7,14-15,19-20H2,1H3,(H,36,37,38);4-6,8-13,15-17,19H,2-3,7,14,18H2,1H3,(H,33,34,35);1-3H2. The van der Waals surface area contributed by atoms with Gasteiger partial charge in [-0.3, -0.25) is 14.6 Å². The van der Waals surface area contributed by atoms with Crippen LogP contribution in [-0.4, -0.2) is 132 Å². The molecule has 6 aromatic heterocycles. The van der Waals surface area contributed by atoms with Crippen molar-refractivity contribution in [2.24, 2.45) is 0 Å². The zero-order valence-corrected chi connectivity index (χ0v) is 77.8. The first kappa shape index (κ1) is 95.4. The number of benzene rings is 9. The molecule has 0 atom stereocenters. The van der Waals surface area contributed by atoms with E-state index in [-0.39, 0.29) is 54.5 Å². The molecule has 3 aliphatic rings. The number of carbonyl (C=O) groups excluding carboxylic acids is 1. The Morgan fingerprint density at radius 2 is 0.729 bits per heavy atom. The SMILES string of the molecule is CS(=O)(=O)CCCCc1ccc(-c2ccc3ncnc(Nc4ccc(OCc5cccc(F)c5)c(Cl)c4)c3c2)o1.CS(=O)(=O)CCN(Cc1ccc(-c2ccc3ncnc(Nc4ccc(OCc5cccc(F)c5)c(Cl)c4)c3c2)o1)C1CCC1.CS(=O)(=O)CCN(Cc1ccc(-c2ccc3ncnc(Nc4ccc(OCc5cccc(F)c5)c(Cl)c4)c3c2)o1)C1CCC1.O=C1CCC1. The van der Waals surface area contributed by atoms with Crippen LogP contribution in [0.15, 0.2) is 251 Å². The summed E-state index contributed by atoms with van der Waals surface area (Å²) in [5, 5.41) is 13.6. The minimum atomic E-state index is -3.05. The molecule has 0 radical (unpaired) electrons. The van der Waals surface area contributed by atoms with Crippen molar-refractivity contribution in [3.63, 3.8) is 0 Å². The predicted octanol–water partition coefficient (Wildman–Crippen LogP) is 22.9. The van der Waals surface area contributed by atoms with Gasteiger partial charge in [-0.15, -0.1) is 0 Å². The Hall–Kier alpha value is -12.3. The first-order valence-electron chi connectivity index (χ1n) is 43.4. The van der Waals surface area contributed by atoms with Gasteiger partial charge in [0.25, 0.3) is 0 Å². The van der Waals surface area contributed by atoms with Crippen LogP contribution in [0.2, 0.25) is 15.1 Å². The molecule has 133 heavy (non-hydrogen) atoms. The molecule has 3 saturated carbocycles. The van der Waals surface area contributed by atoms with E-state index in [0.29, 0.717) is 158 Å². The summed E-state index contributed by atoms with van der Waals surface area (Å²) in [6, 6.07) is 64.6. The van der Waals surface area contributed by atoms with Crippen LogP contribution >= 0.6 is 34.8 Å². The molecule has 6 heterocycles. The molecule has 3 N–H and O–H groups in total. The molecule has 0 amide bonds. The Balaban J connectivity index is 0.000000148. The highest BCUT2D eigenvalue weighted by Gasteiger charge is 2.29. The van der Waals surface area contributed by atoms with Gasteiger partial charge in [0.1, 0.15) is 161 Å². The van der Waals surface area contributed by atoms with E-state index in [4.69, 9.17) is 62.3 Å². The fourth-order valence-electron chi connectivity index (χ4n) is 14.9. The van der Waals surface area contributed by atoms with Crippen molar-refractivity contribution in [1.82, 2.24) is 39.7 Å². The number of anilines is 6.